The van der Waals surface area contributed by atoms with E-state index in [4.69, 9.17) is 15.2 Å². The normalized spacial score (nSPS) is 12.0. The van der Waals surface area contributed by atoms with Gasteiger partial charge < -0.3 is 15.2 Å². The Kier molecular flexibility index (Phi) is 5.06. The Bertz CT molecular complexity index is 835. The monoisotopic (exact) mass is 379 g/mol. The summed E-state index contributed by atoms with van der Waals surface area (Å²) in [5, 5.41) is 0. The predicted molar refractivity (Wildman–Crippen MR) is 77.9 cm³/mol. The predicted octanol–water partition coefficient (Wildman–Crippen LogP) is 4.38. The minimum absolute atomic E-state index is 0.173. The molecule has 0 aromatic heterocycles. The third kappa shape index (κ3) is 3.68. The zero-order chi connectivity index (χ0) is 19.7. The molecule has 0 atom stereocenters. The number of alkyl halides is 5. The van der Waals surface area contributed by atoms with Crippen LogP contribution >= 0.6 is 0 Å². The zero-order valence-electron chi connectivity index (χ0n) is 13.0. The Morgan fingerprint density at radius 3 is 2.15 bits per heavy atom. The third-order valence-electron chi connectivity index (χ3n) is 3.31. The van der Waals surface area contributed by atoms with E-state index in [1.807, 2.05) is 0 Å². The third-order valence-corrected chi connectivity index (χ3v) is 3.31. The van der Waals surface area contributed by atoms with Gasteiger partial charge >= 0.3 is 12.1 Å². The fourth-order valence-corrected chi connectivity index (χ4v) is 2.01. The Morgan fingerprint density at radius 1 is 0.962 bits per heavy atom. The van der Waals surface area contributed by atoms with Crippen LogP contribution in [0.15, 0.2) is 36.4 Å². The molecule has 4 nitrogen and oxygen atoms in total. The molecule has 10 heteroatoms. The highest BCUT2D eigenvalue weighted by Crippen LogP contribution is 2.45. The fraction of sp³-hybridized carbons (Fsp3) is 0.188. The molecule has 2 aromatic carbocycles. The number of benzene rings is 2. The van der Waals surface area contributed by atoms with Crippen LogP contribution in [0.1, 0.15) is 15.9 Å². The maximum absolute atomic E-state index is 13.5. The molecule has 2 N–H and O–H groups in total. The number of primary amides is 1. The van der Waals surface area contributed by atoms with E-state index in [1.165, 1.54) is 0 Å². The second-order valence-electron chi connectivity index (χ2n) is 5.04. The zero-order valence-corrected chi connectivity index (χ0v) is 13.0. The molecule has 0 unspecified atom stereocenters. The summed E-state index contributed by atoms with van der Waals surface area (Å²) in [6.45, 7) is 0. The summed E-state index contributed by atoms with van der Waals surface area (Å²) in [6.07, 6.45) is -5.86. The molecule has 0 aliphatic rings. The molecule has 0 saturated heterocycles. The first-order valence-electron chi connectivity index (χ1n) is 6.87. The highest BCUT2D eigenvalue weighted by molar-refractivity contribution is 5.95. The van der Waals surface area contributed by atoms with E-state index in [-0.39, 0.29) is 11.5 Å². The molecule has 2 rings (SSSR count). The van der Waals surface area contributed by atoms with Crippen LogP contribution in [0.25, 0.3) is 0 Å². The topological polar surface area (TPSA) is 61.6 Å². The first-order chi connectivity index (χ1) is 12.0. The van der Waals surface area contributed by atoms with Crippen LogP contribution in [0.5, 0.6) is 17.2 Å². The number of hydrogen-bond acceptors (Lipinski definition) is 3. The van der Waals surface area contributed by atoms with E-state index in [0.717, 1.165) is 25.3 Å². The van der Waals surface area contributed by atoms with Crippen LogP contribution in [0.2, 0.25) is 0 Å². The van der Waals surface area contributed by atoms with Crippen molar-refractivity contribution >= 4 is 5.91 Å². The lowest BCUT2D eigenvalue weighted by Crippen LogP contribution is -2.33. The molecule has 0 saturated carbocycles. The maximum Gasteiger partial charge on any atom is 0.458 e. The van der Waals surface area contributed by atoms with Gasteiger partial charge in [0, 0.05) is 11.6 Å². The molecule has 0 radical (unpaired) electrons. The molecule has 0 heterocycles. The Morgan fingerprint density at radius 2 is 1.62 bits per heavy atom. The van der Waals surface area contributed by atoms with Gasteiger partial charge in [0.1, 0.15) is 11.6 Å². The van der Waals surface area contributed by atoms with E-state index in [1.54, 1.807) is 0 Å². The van der Waals surface area contributed by atoms with Crippen molar-refractivity contribution in [2.45, 2.75) is 12.1 Å². The van der Waals surface area contributed by atoms with E-state index in [9.17, 15) is 31.1 Å². The number of carbonyl (C=O) groups is 1. The van der Waals surface area contributed by atoms with Gasteiger partial charge in [-0.25, -0.2) is 4.39 Å². The molecule has 0 aliphatic heterocycles. The Balaban J connectivity index is 2.56. The standard InChI is InChI=1S/C16H11F6NO3/c1-25-13-7-9(17)3-5-11(13)26-12-6-8(2-4-10(12)14(23)24)15(18,19)16(20,21)22/h2-7H,1H3,(H2,23,24). The highest BCUT2D eigenvalue weighted by atomic mass is 19.4. The van der Waals surface area contributed by atoms with Crippen molar-refractivity contribution < 1.29 is 40.6 Å². The van der Waals surface area contributed by atoms with Crippen molar-refractivity contribution in [1.29, 1.82) is 0 Å². The summed E-state index contributed by atoms with van der Waals surface area (Å²) in [5.41, 5.74) is 3.19. The fourth-order valence-electron chi connectivity index (χ4n) is 2.01. The molecule has 1 amide bonds. The summed E-state index contributed by atoms with van der Waals surface area (Å²) in [6, 6.07) is 4.33. The lowest BCUT2D eigenvalue weighted by Gasteiger charge is -2.21. The van der Waals surface area contributed by atoms with Gasteiger partial charge in [0.05, 0.1) is 12.7 Å². The van der Waals surface area contributed by atoms with Gasteiger partial charge in [-0.2, -0.15) is 22.0 Å². The summed E-state index contributed by atoms with van der Waals surface area (Å²) in [7, 11) is 1.16. The maximum atomic E-state index is 13.5. The molecule has 0 aliphatic carbocycles. The molecule has 2 aromatic rings. The van der Waals surface area contributed by atoms with Gasteiger partial charge in [0.25, 0.3) is 5.91 Å². The molecule has 0 spiro atoms. The van der Waals surface area contributed by atoms with Gasteiger partial charge in [0.2, 0.25) is 0 Å². The van der Waals surface area contributed by atoms with Gasteiger partial charge in [-0.15, -0.1) is 0 Å². The number of amides is 1. The summed E-state index contributed by atoms with van der Waals surface area (Å²) in [4.78, 5) is 11.4. The van der Waals surface area contributed by atoms with Crippen LogP contribution in [0.3, 0.4) is 0 Å². The molecular formula is C16H11F6NO3. The van der Waals surface area contributed by atoms with Crippen molar-refractivity contribution in [3.8, 4) is 17.2 Å². The lowest BCUT2D eigenvalue weighted by atomic mass is 10.0. The van der Waals surface area contributed by atoms with E-state index >= 15 is 0 Å². The van der Waals surface area contributed by atoms with Crippen molar-refractivity contribution in [2.75, 3.05) is 7.11 Å². The average molecular weight is 379 g/mol. The van der Waals surface area contributed by atoms with Crippen LogP contribution in [0, 0.1) is 5.82 Å². The summed E-state index contributed by atoms with van der Waals surface area (Å²) in [5.74, 6) is -8.07. The molecule has 140 valence electrons. The second-order valence-corrected chi connectivity index (χ2v) is 5.04. The number of halogens is 6. The lowest BCUT2D eigenvalue weighted by molar-refractivity contribution is -0.289. The SMILES string of the molecule is COc1cc(F)ccc1Oc1cc(C(F)(F)C(F)(F)F)ccc1C(N)=O. The van der Waals surface area contributed by atoms with Crippen molar-refractivity contribution in [3.05, 3.63) is 53.3 Å². The van der Waals surface area contributed by atoms with Crippen LogP contribution < -0.4 is 15.2 Å². The van der Waals surface area contributed by atoms with Crippen molar-refractivity contribution in [2.24, 2.45) is 5.73 Å². The summed E-state index contributed by atoms with van der Waals surface area (Å²) < 4.78 is 88.0. The van der Waals surface area contributed by atoms with E-state index < -0.39 is 40.7 Å². The number of carbonyl (C=O) groups excluding carboxylic acids is 1. The average Bonchev–Trinajstić information content (AvgIpc) is 2.55. The number of ether oxygens (including phenoxy) is 2. The minimum atomic E-state index is -5.86. The van der Waals surface area contributed by atoms with Crippen molar-refractivity contribution in [1.82, 2.24) is 0 Å². The molecule has 0 bridgehead atoms. The number of hydrogen-bond donors (Lipinski definition) is 1. The number of methoxy groups -OCH3 is 1. The quantitative estimate of drug-likeness (QED) is 0.785. The molecule has 0 fully saturated rings. The first-order valence-corrected chi connectivity index (χ1v) is 6.87. The Hall–Kier alpha value is -2.91. The molecule has 26 heavy (non-hydrogen) atoms. The molecular weight excluding hydrogens is 368 g/mol. The first kappa shape index (κ1) is 19.4. The number of rotatable bonds is 5. The van der Waals surface area contributed by atoms with Gasteiger partial charge in [-0.3, -0.25) is 4.79 Å². The highest BCUT2D eigenvalue weighted by Gasteiger charge is 2.58. The smallest absolute Gasteiger partial charge is 0.458 e. The van der Waals surface area contributed by atoms with E-state index in [0.29, 0.717) is 18.2 Å². The van der Waals surface area contributed by atoms with Gasteiger partial charge in [-0.05, 0) is 24.3 Å². The largest absolute Gasteiger partial charge is 0.493 e. The minimum Gasteiger partial charge on any atom is -0.493 e. The summed E-state index contributed by atoms with van der Waals surface area (Å²) >= 11 is 0. The van der Waals surface area contributed by atoms with Gasteiger partial charge in [0.15, 0.2) is 11.5 Å². The Labute approximate surface area is 143 Å². The van der Waals surface area contributed by atoms with Crippen LogP contribution in [0.4, 0.5) is 26.3 Å². The van der Waals surface area contributed by atoms with Crippen molar-refractivity contribution in [3.63, 3.8) is 0 Å². The van der Waals surface area contributed by atoms with Crippen LogP contribution in [-0.2, 0) is 5.92 Å². The van der Waals surface area contributed by atoms with Crippen LogP contribution in [-0.4, -0.2) is 19.2 Å². The van der Waals surface area contributed by atoms with E-state index in [2.05, 4.69) is 0 Å². The van der Waals surface area contributed by atoms with Gasteiger partial charge in [-0.1, -0.05) is 6.07 Å². The number of nitrogens with two attached hydrogens (primary N) is 1. The second kappa shape index (κ2) is 6.77.